The molecule has 1 heterocycles. The van der Waals surface area contributed by atoms with Gasteiger partial charge in [0.2, 0.25) is 0 Å². The molecule has 0 unspecified atom stereocenters. The number of hydrogen-bond acceptors (Lipinski definition) is 5. The summed E-state index contributed by atoms with van der Waals surface area (Å²) in [5.74, 6) is -1.19. The fourth-order valence-electron chi connectivity index (χ4n) is 3.78. The van der Waals surface area contributed by atoms with Gasteiger partial charge in [-0.15, -0.1) is 0 Å². The second kappa shape index (κ2) is 10.8. The number of aryl methyl sites for hydroxylation is 2. The normalized spacial score (nSPS) is 11.8. The van der Waals surface area contributed by atoms with Crippen LogP contribution in [-0.4, -0.2) is 29.6 Å². The number of carboxylic acid groups (broad SMARTS) is 1. The highest BCUT2D eigenvalue weighted by Gasteiger charge is 2.20. The Morgan fingerprint density at radius 1 is 1.09 bits per heavy atom. The third-order valence-electron chi connectivity index (χ3n) is 5.72. The first-order valence-corrected chi connectivity index (χ1v) is 11.1. The first-order valence-electron chi connectivity index (χ1n) is 11.1. The van der Waals surface area contributed by atoms with Gasteiger partial charge in [0.05, 0.1) is 0 Å². The summed E-state index contributed by atoms with van der Waals surface area (Å²) in [6.45, 7) is 5.28. The zero-order valence-electron chi connectivity index (χ0n) is 19.1. The van der Waals surface area contributed by atoms with Gasteiger partial charge in [-0.1, -0.05) is 50.1 Å². The monoisotopic (exact) mass is 451 g/mol. The van der Waals surface area contributed by atoms with Crippen molar-refractivity contribution in [2.24, 2.45) is 0 Å². The predicted molar refractivity (Wildman–Crippen MR) is 126 cm³/mol. The Kier molecular flexibility index (Phi) is 7.87. The molecule has 0 aliphatic rings. The number of unbranched alkanes of at least 4 members (excludes halogenated alkanes) is 1. The lowest BCUT2D eigenvalue weighted by Crippen LogP contribution is -2.42. The average molecular weight is 452 g/mol. The Morgan fingerprint density at radius 3 is 2.48 bits per heavy atom. The number of ether oxygens (including phenoxy) is 1. The molecule has 7 nitrogen and oxygen atoms in total. The molecule has 0 radical (unpaired) electrons. The largest absolute Gasteiger partial charge is 0.483 e. The fourth-order valence-corrected chi connectivity index (χ4v) is 3.78. The fraction of sp³-hybridized carbons (Fsp3) is 0.346. The molecule has 2 aromatic carbocycles. The number of carbonyl (C=O) groups is 2. The van der Waals surface area contributed by atoms with Crippen molar-refractivity contribution in [2.45, 2.75) is 52.5 Å². The Hall–Kier alpha value is -3.61. The summed E-state index contributed by atoms with van der Waals surface area (Å²) in [5, 5.41) is 12.6. The number of carbonyl (C=O) groups excluding carboxylic acids is 1. The Labute approximate surface area is 192 Å². The minimum absolute atomic E-state index is 0.336. The molecular weight excluding hydrogens is 422 g/mol. The van der Waals surface area contributed by atoms with E-state index in [1.165, 1.54) is 0 Å². The van der Waals surface area contributed by atoms with Gasteiger partial charge in [0.15, 0.2) is 6.61 Å². The van der Waals surface area contributed by atoms with Crippen LogP contribution in [-0.2, 0) is 16.0 Å². The molecule has 0 spiro atoms. The van der Waals surface area contributed by atoms with Crippen LogP contribution < -0.4 is 15.7 Å². The van der Waals surface area contributed by atoms with Crippen LogP contribution in [0.4, 0.5) is 0 Å². The maximum absolute atomic E-state index is 12.7. The van der Waals surface area contributed by atoms with Crippen LogP contribution in [0.2, 0.25) is 0 Å². The molecule has 0 saturated carbocycles. The van der Waals surface area contributed by atoms with Crippen LogP contribution in [0, 0.1) is 13.8 Å². The molecule has 33 heavy (non-hydrogen) atoms. The summed E-state index contributed by atoms with van der Waals surface area (Å²) >= 11 is 0. The van der Waals surface area contributed by atoms with E-state index in [9.17, 15) is 19.5 Å². The molecule has 0 aliphatic carbocycles. The van der Waals surface area contributed by atoms with Crippen molar-refractivity contribution in [2.75, 3.05) is 6.61 Å². The number of rotatable bonds is 10. The number of hydrogen-bond donors (Lipinski definition) is 2. The molecule has 0 saturated heterocycles. The number of benzene rings is 2. The minimum Gasteiger partial charge on any atom is -0.483 e. The summed E-state index contributed by atoms with van der Waals surface area (Å²) < 4.78 is 11.3. The van der Waals surface area contributed by atoms with Crippen molar-refractivity contribution in [3.63, 3.8) is 0 Å². The maximum Gasteiger partial charge on any atom is 0.340 e. The summed E-state index contributed by atoms with van der Waals surface area (Å²) in [4.78, 5) is 36.3. The lowest BCUT2D eigenvalue weighted by Gasteiger charge is -2.16. The third kappa shape index (κ3) is 5.80. The third-order valence-corrected chi connectivity index (χ3v) is 5.72. The van der Waals surface area contributed by atoms with Crippen molar-refractivity contribution < 1.29 is 23.8 Å². The van der Waals surface area contributed by atoms with Gasteiger partial charge >= 0.3 is 11.6 Å². The van der Waals surface area contributed by atoms with Gasteiger partial charge < -0.3 is 19.6 Å². The van der Waals surface area contributed by atoms with Crippen LogP contribution in [0.15, 0.2) is 51.7 Å². The topological polar surface area (TPSA) is 106 Å². The quantitative estimate of drug-likeness (QED) is 0.449. The Balaban J connectivity index is 1.78. The smallest absolute Gasteiger partial charge is 0.340 e. The summed E-state index contributed by atoms with van der Waals surface area (Å²) in [6, 6.07) is 12.3. The second-order valence-corrected chi connectivity index (χ2v) is 8.11. The molecule has 174 valence electrons. The van der Waals surface area contributed by atoms with Crippen LogP contribution in [0.5, 0.6) is 5.75 Å². The first-order chi connectivity index (χ1) is 15.8. The van der Waals surface area contributed by atoms with Crippen LogP contribution >= 0.6 is 0 Å². The van der Waals surface area contributed by atoms with E-state index < -0.39 is 23.5 Å². The molecule has 3 aromatic rings. The van der Waals surface area contributed by atoms with E-state index in [1.54, 1.807) is 13.0 Å². The summed E-state index contributed by atoms with van der Waals surface area (Å²) in [5.41, 5.74) is 3.09. The molecule has 1 aromatic heterocycles. The number of nitrogens with one attached hydrogen (secondary N) is 1. The van der Waals surface area contributed by atoms with Crippen LogP contribution in [0.3, 0.4) is 0 Å². The molecule has 0 aliphatic heterocycles. The standard InChI is InChI=1S/C26H29NO6/c1-4-5-11-21(25(29)30)27-23(28)15-32-22-13-12-19-16(2)20(14-18-9-7-6-8-10-18)26(31)33-24(19)17(22)3/h6-10,12-13,21H,4-5,11,14-15H2,1-3H3,(H,27,28)(H,29,30)/t21-/m0/s1. The van der Waals surface area contributed by atoms with E-state index in [4.69, 9.17) is 9.15 Å². The van der Waals surface area contributed by atoms with Gasteiger partial charge in [0.25, 0.3) is 5.91 Å². The molecule has 2 N–H and O–H groups in total. The Morgan fingerprint density at radius 2 is 1.82 bits per heavy atom. The molecule has 1 atom stereocenters. The Bertz CT molecular complexity index is 1200. The predicted octanol–water partition coefficient (Wildman–Crippen LogP) is 4.14. The van der Waals surface area contributed by atoms with Gasteiger partial charge in [-0.25, -0.2) is 9.59 Å². The maximum atomic E-state index is 12.7. The zero-order chi connectivity index (χ0) is 24.0. The van der Waals surface area contributed by atoms with Crippen molar-refractivity contribution in [3.8, 4) is 5.75 Å². The number of amides is 1. The van der Waals surface area contributed by atoms with Gasteiger partial charge in [0.1, 0.15) is 17.4 Å². The minimum atomic E-state index is -1.07. The van der Waals surface area contributed by atoms with E-state index in [0.717, 1.165) is 22.9 Å². The van der Waals surface area contributed by atoms with Gasteiger partial charge in [-0.2, -0.15) is 0 Å². The molecule has 0 bridgehead atoms. The van der Waals surface area contributed by atoms with Crippen molar-refractivity contribution in [3.05, 3.63) is 75.1 Å². The van der Waals surface area contributed by atoms with E-state index >= 15 is 0 Å². The molecule has 3 rings (SSSR count). The van der Waals surface area contributed by atoms with Crippen molar-refractivity contribution in [1.82, 2.24) is 5.32 Å². The van der Waals surface area contributed by atoms with Crippen molar-refractivity contribution in [1.29, 1.82) is 0 Å². The summed E-state index contributed by atoms with van der Waals surface area (Å²) in [7, 11) is 0. The number of aliphatic carboxylic acids is 1. The molecule has 1 amide bonds. The highest BCUT2D eigenvalue weighted by Crippen LogP contribution is 2.30. The number of fused-ring (bicyclic) bond motifs is 1. The molecular formula is C26H29NO6. The molecule has 7 heteroatoms. The zero-order valence-corrected chi connectivity index (χ0v) is 19.1. The molecule has 0 fully saturated rings. The van der Waals surface area contributed by atoms with E-state index in [-0.39, 0.29) is 6.61 Å². The van der Waals surface area contributed by atoms with Gasteiger partial charge in [-0.05, 0) is 43.5 Å². The number of carboxylic acids is 1. The summed E-state index contributed by atoms with van der Waals surface area (Å²) in [6.07, 6.45) is 2.38. The average Bonchev–Trinajstić information content (AvgIpc) is 2.80. The van der Waals surface area contributed by atoms with Gasteiger partial charge in [0, 0.05) is 22.9 Å². The van der Waals surface area contributed by atoms with Crippen LogP contribution in [0.25, 0.3) is 11.0 Å². The first kappa shape index (κ1) is 24.0. The van der Waals surface area contributed by atoms with E-state index in [0.29, 0.717) is 41.7 Å². The lowest BCUT2D eigenvalue weighted by molar-refractivity contribution is -0.142. The van der Waals surface area contributed by atoms with E-state index in [2.05, 4.69) is 5.32 Å². The highest BCUT2D eigenvalue weighted by atomic mass is 16.5. The second-order valence-electron chi connectivity index (χ2n) is 8.11. The van der Waals surface area contributed by atoms with Gasteiger partial charge in [-0.3, -0.25) is 4.79 Å². The SMILES string of the molecule is CCCC[C@H](NC(=O)COc1ccc2c(C)c(Cc3ccccc3)c(=O)oc2c1C)C(=O)O. The van der Waals surface area contributed by atoms with E-state index in [1.807, 2.05) is 50.2 Å². The highest BCUT2D eigenvalue weighted by molar-refractivity contribution is 5.86. The lowest BCUT2D eigenvalue weighted by atomic mass is 9.98. The van der Waals surface area contributed by atoms with Crippen molar-refractivity contribution >= 4 is 22.8 Å². The van der Waals surface area contributed by atoms with Crippen LogP contribution in [0.1, 0.15) is 48.4 Å².